The Morgan fingerprint density at radius 2 is 1.58 bits per heavy atom. The van der Waals surface area contributed by atoms with Gasteiger partial charge in [0.05, 0.1) is 0 Å². The number of carbonyl (C=O) groups excluding carboxylic acids is 1. The molecule has 3 rings (SSSR count). The molecular formula is C16H22N2O. The minimum Gasteiger partial charge on any atom is -0.399 e. The number of hydrogen-bond donors (Lipinski definition) is 1. The summed E-state index contributed by atoms with van der Waals surface area (Å²) in [7, 11) is 0. The van der Waals surface area contributed by atoms with Gasteiger partial charge in [-0.25, -0.2) is 0 Å². The van der Waals surface area contributed by atoms with E-state index in [1.807, 2.05) is 17.0 Å². The van der Waals surface area contributed by atoms with Gasteiger partial charge in [0.1, 0.15) is 0 Å². The van der Waals surface area contributed by atoms with Crippen molar-refractivity contribution in [3.63, 3.8) is 0 Å². The number of nitrogens with zero attached hydrogens (tertiary/aromatic N) is 1. The van der Waals surface area contributed by atoms with Gasteiger partial charge < -0.3 is 10.6 Å². The van der Waals surface area contributed by atoms with Gasteiger partial charge in [0.15, 0.2) is 0 Å². The average Bonchev–Trinajstić information content (AvgIpc) is 2.88. The largest absolute Gasteiger partial charge is 0.399 e. The van der Waals surface area contributed by atoms with Crippen LogP contribution in [0.15, 0.2) is 24.3 Å². The summed E-state index contributed by atoms with van der Waals surface area (Å²) in [6.07, 6.45) is 7.88. The summed E-state index contributed by atoms with van der Waals surface area (Å²) in [5, 5.41) is 0. The Morgan fingerprint density at radius 1 is 1.00 bits per heavy atom. The summed E-state index contributed by atoms with van der Waals surface area (Å²) in [5.74, 6) is 0.160. The first-order valence-corrected chi connectivity index (χ1v) is 7.33. The zero-order chi connectivity index (χ0) is 13.3. The standard InChI is InChI=1S/C16H22N2O/c17-14-5-3-13(4-6-14)15(19)18-11-9-16(10-12-18)7-1-2-8-16/h3-6H,1-2,7-12,17H2. The van der Waals surface area contributed by atoms with E-state index in [4.69, 9.17) is 5.73 Å². The molecule has 1 amide bonds. The maximum atomic E-state index is 12.4. The molecule has 1 saturated heterocycles. The highest BCUT2D eigenvalue weighted by molar-refractivity contribution is 5.94. The highest BCUT2D eigenvalue weighted by Crippen LogP contribution is 2.46. The van der Waals surface area contributed by atoms with Crippen LogP contribution < -0.4 is 5.73 Å². The molecule has 0 radical (unpaired) electrons. The number of rotatable bonds is 1. The number of benzene rings is 1. The van der Waals surface area contributed by atoms with E-state index < -0.39 is 0 Å². The maximum Gasteiger partial charge on any atom is 0.253 e. The lowest BCUT2D eigenvalue weighted by molar-refractivity contribution is 0.0587. The van der Waals surface area contributed by atoms with E-state index in [-0.39, 0.29) is 5.91 Å². The molecule has 1 aliphatic carbocycles. The highest BCUT2D eigenvalue weighted by Gasteiger charge is 2.37. The molecule has 0 bridgehead atoms. The molecule has 2 fully saturated rings. The lowest BCUT2D eigenvalue weighted by Crippen LogP contribution is -2.42. The Bertz CT molecular complexity index is 450. The van der Waals surface area contributed by atoms with Crippen molar-refractivity contribution >= 4 is 11.6 Å². The van der Waals surface area contributed by atoms with E-state index in [1.54, 1.807) is 12.1 Å². The fourth-order valence-electron chi connectivity index (χ4n) is 3.62. The summed E-state index contributed by atoms with van der Waals surface area (Å²) in [5.41, 5.74) is 7.70. The zero-order valence-electron chi connectivity index (χ0n) is 11.4. The summed E-state index contributed by atoms with van der Waals surface area (Å²) >= 11 is 0. The molecule has 1 aromatic carbocycles. The summed E-state index contributed by atoms with van der Waals surface area (Å²) in [6, 6.07) is 7.26. The average molecular weight is 258 g/mol. The SMILES string of the molecule is Nc1ccc(C(=O)N2CCC3(CCCC3)CC2)cc1. The number of hydrogen-bond acceptors (Lipinski definition) is 2. The molecule has 2 N–H and O–H groups in total. The Labute approximate surface area is 114 Å². The van der Waals surface area contributed by atoms with E-state index in [9.17, 15) is 4.79 Å². The van der Waals surface area contributed by atoms with Crippen molar-refractivity contribution in [1.29, 1.82) is 0 Å². The molecule has 1 saturated carbocycles. The fourth-order valence-corrected chi connectivity index (χ4v) is 3.62. The molecule has 1 aliphatic heterocycles. The molecule has 1 heterocycles. The van der Waals surface area contributed by atoms with Crippen molar-refractivity contribution in [2.75, 3.05) is 18.8 Å². The lowest BCUT2D eigenvalue weighted by Gasteiger charge is -2.39. The molecular weight excluding hydrogens is 236 g/mol. The van der Waals surface area contributed by atoms with Crippen LogP contribution >= 0.6 is 0 Å². The second kappa shape index (κ2) is 4.87. The van der Waals surface area contributed by atoms with Crippen LogP contribution in [0.25, 0.3) is 0 Å². The van der Waals surface area contributed by atoms with Crippen molar-refractivity contribution in [3.05, 3.63) is 29.8 Å². The van der Waals surface area contributed by atoms with Crippen LogP contribution in [-0.2, 0) is 0 Å². The Kier molecular flexibility index (Phi) is 3.21. The smallest absolute Gasteiger partial charge is 0.253 e. The second-order valence-electron chi connectivity index (χ2n) is 6.12. The molecule has 19 heavy (non-hydrogen) atoms. The molecule has 3 heteroatoms. The fraction of sp³-hybridized carbons (Fsp3) is 0.562. The van der Waals surface area contributed by atoms with Gasteiger partial charge in [-0.2, -0.15) is 0 Å². The first-order valence-electron chi connectivity index (χ1n) is 7.33. The van der Waals surface area contributed by atoms with Crippen LogP contribution in [-0.4, -0.2) is 23.9 Å². The van der Waals surface area contributed by atoms with Crippen LogP contribution in [0.4, 0.5) is 5.69 Å². The lowest BCUT2D eigenvalue weighted by atomic mass is 9.77. The monoisotopic (exact) mass is 258 g/mol. The van der Waals surface area contributed by atoms with Crippen molar-refractivity contribution in [3.8, 4) is 0 Å². The third kappa shape index (κ3) is 2.46. The quantitative estimate of drug-likeness (QED) is 0.787. The van der Waals surface area contributed by atoms with Crippen molar-refractivity contribution in [2.24, 2.45) is 5.41 Å². The topological polar surface area (TPSA) is 46.3 Å². The molecule has 102 valence electrons. The number of amides is 1. The van der Waals surface area contributed by atoms with Gasteiger partial charge in [-0.05, 0) is 55.4 Å². The van der Waals surface area contributed by atoms with Gasteiger partial charge in [-0.3, -0.25) is 4.79 Å². The van der Waals surface area contributed by atoms with Gasteiger partial charge in [-0.15, -0.1) is 0 Å². The zero-order valence-corrected chi connectivity index (χ0v) is 11.4. The van der Waals surface area contributed by atoms with Gasteiger partial charge >= 0.3 is 0 Å². The van der Waals surface area contributed by atoms with Gasteiger partial charge in [-0.1, -0.05) is 12.8 Å². The van der Waals surface area contributed by atoms with Gasteiger partial charge in [0.25, 0.3) is 5.91 Å². The van der Waals surface area contributed by atoms with Crippen LogP contribution in [0, 0.1) is 5.41 Å². The van der Waals surface area contributed by atoms with Crippen LogP contribution in [0.1, 0.15) is 48.9 Å². The Balaban J connectivity index is 1.64. The summed E-state index contributed by atoms with van der Waals surface area (Å²) in [6.45, 7) is 1.84. The van der Waals surface area contributed by atoms with E-state index in [2.05, 4.69) is 0 Å². The molecule has 0 aromatic heterocycles. The molecule has 3 nitrogen and oxygen atoms in total. The number of likely N-dealkylation sites (tertiary alicyclic amines) is 1. The molecule has 2 aliphatic rings. The Morgan fingerprint density at radius 3 is 2.16 bits per heavy atom. The number of carbonyl (C=O) groups is 1. The normalized spacial score (nSPS) is 21.8. The first kappa shape index (κ1) is 12.5. The first-order chi connectivity index (χ1) is 9.19. The molecule has 0 atom stereocenters. The minimum atomic E-state index is 0.160. The van der Waals surface area contributed by atoms with Gasteiger partial charge in [0, 0.05) is 24.3 Å². The number of piperidine rings is 1. The van der Waals surface area contributed by atoms with Crippen LogP contribution in [0.2, 0.25) is 0 Å². The van der Waals surface area contributed by atoms with E-state index >= 15 is 0 Å². The van der Waals surface area contributed by atoms with Crippen LogP contribution in [0.5, 0.6) is 0 Å². The highest BCUT2D eigenvalue weighted by atomic mass is 16.2. The van der Waals surface area contributed by atoms with Gasteiger partial charge in [0.2, 0.25) is 0 Å². The number of nitrogen functional groups attached to an aromatic ring is 1. The third-order valence-electron chi connectivity index (χ3n) is 4.93. The van der Waals surface area contributed by atoms with E-state index in [0.717, 1.165) is 18.7 Å². The predicted molar refractivity (Wildman–Crippen MR) is 76.9 cm³/mol. The molecule has 0 unspecified atom stereocenters. The Hall–Kier alpha value is -1.51. The summed E-state index contributed by atoms with van der Waals surface area (Å²) in [4.78, 5) is 14.4. The minimum absolute atomic E-state index is 0.160. The van der Waals surface area contributed by atoms with Crippen LogP contribution in [0.3, 0.4) is 0 Å². The predicted octanol–water partition coefficient (Wildman–Crippen LogP) is 3.07. The number of anilines is 1. The molecule has 1 spiro atoms. The third-order valence-corrected chi connectivity index (χ3v) is 4.93. The van der Waals surface area contributed by atoms with E-state index in [0.29, 0.717) is 11.1 Å². The van der Waals surface area contributed by atoms with E-state index in [1.165, 1.54) is 38.5 Å². The second-order valence-corrected chi connectivity index (χ2v) is 6.12. The van der Waals surface area contributed by atoms with Crippen molar-refractivity contribution < 1.29 is 4.79 Å². The molecule has 1 aromatic rings. The van der Waals surface area contributed by atoms with Crippen molar-refractivity contribution in [1.82, 2.24) is 4.90 Å². The van der Waals surface area contributed by atoms with Crippen molar-refractivity contribution in [2.45, 2.75) is 38.5 Å². The summed E-state index contributed by atoms with van der Waals surface area (Å²) < 4.78 is 0. The number of nitrogens with two attached hydrogens (primary N) is 1. The maximum absolute atomic E-state index is 12.4.